The van der Waals surface area contributed by atoms with Gasteiger partial charge in [-0.25, -0.2) is 4.98 Å². The number of aryl methyl sites for hydroxylation is 2. The number of hydrogen-bond donors (Lipinski definition) is 2. The number of anilines is 3. The van der Waals surface area contributed by atoms with Crippen molar-refractivity contribution in [2.45, 2.75) is 20.3 Å². The number of aromatic nitrogens is 3. The zero-order chi connectivity index (χ0) is 11.5. The van der Waals surface area contributed by atoms with Gasteiger partial charge in [-0.2, -0.15) is 0 Å². The van der Waals surface area contributed by atoms with Crippen molar-refractivity contribution < 1.29 is 0 Å². The molecule has 0 saturated carbocycles. The SMILES string of the molecule is CCc1nc(Nc2ccc(N)nn2)sc1C. The molecule has 0 aliphatic heterocycles. The van der Waals surface area contributed by atoms with E-state index in [1.165, 1.54) is 4.88 Å². The molecule has 0 aliphatic carbocycles. The number of rotatable bonds is 3. The summed E-state index contributed by atoms with van der Waals surface area (Å²) in [7, 11) is 0. The summed E-state index contributed by atoms with van der Waals surface area (Å²) in [5, 5.41) is 11.6. The van der Waals surface area contributed by atoms with E-state index >= 15 is 0 Å². The van der Waals surface area contributed by atoms with Gasteiger partial charge in [0.25, 0.3) is 0 Å². The molecular weight excluding hydrogens is 222 g/mol. The predicted molar refractivity (Wildman–Crippen MR) is 66.0 cm³/mol. The lowest BCUT2D eigenvalue weighted by molar-refractivity contribution is 1.03. The Kier molecular flexibility index (Phi) is 3.00. The van der Waals surface area contributed by atoms with Crippen molar-refractivity contribution in [3.63, 3.8) is 0 Å². The molecule has 0 amide bonds. The molecule has 0 aliphatic rings. The summed E-state index contributed by atoms with van der Waals surface area (Å²) in [6.45, 7) is 4.16. The average Bonchev–Trinajstić information content (AvgIpc) is 2.62. The quantitative estimate of drug-likeness (QED) is 0.852. The van der Waals surface area contributed by atoms with E-state index in [1.807, 2.05) is 0 Å². The molecule has 0 saturated heterocycles. The van der Waals surface area contributed by atoms with Gasteiger partial charge in [-0.3, -0.25) is 0 Å². The molecule has 0 bridgehead atoms. The predicted octanol–water partition coefficient (Wildman–Crippen LogP) is 2.13. The van der Waals surface area contributed by atoms with Crippen LogP contribution in [0.4, 0.5) is 16.8 Å². The molecule has 2 aromatic heterocycles. The molecule has 0 atom stereocenters. The summed E-state index contributed by atoms with van der Waals surface area (Å²) in [5.41, 5.74) is 6.58. The van der Waals surface area contributed by atoms with E-state index in [-0.39, 0.29) is 0 Å². The molecule has 0 spiro atoms. The van der Waals surface area contributed by atoms with Crippen LogP contribution in [0, 0.1) is 6.92 Å². The lowest BCUT2D eigenvalue weighted by atomic mass is 10.3. The molecule has 2 rings (SSSR count). The van der Waals surface area contributed by atoms with Crippen molar-refractivity contribution in [3.05, 3.63) is 22.7 Å². The molecule has 84 valence electrons. The first kappa shape index (κ1) is 10.8. The van der Waals surface area contributed by atoms with Crippen molar-refractivity contribution in [1.29, 1.82) is 0 Å². The van der Waals surface area contributed by atoms with Gasteiger partial charge in [0.15, 0.2) is 10.9 Å². The number of nitrogens with two attached hydrogens (primary N) is 1. The zero-order valence-electron chi connectivity index (χ0n) is 9.19. The highest BCUT2D eigenvalue weighted by Gasteiger charge is 2.06. The van der Waals surface area contributed by atoms with Gasteiger partial charge in [0.05, 0.1) is 5.69 Å². The monoisotopic (exact) mass is 235 g/mol. The van der Waals surface area contributed by atoms with E-state index in [0.29, 0.717) is 11.6 Å². The van der Waals surface area contributed by atoms with Crippen LogP contribution in [0.1, 0.15) is 17.5 Å². The largest absolute Gasteiger partial charge is 0.382 e. The third-order valence-electron chi connectivity index (χ3n) is 2.15. The number of nitrogens with zero attached hydrogens (tertiary/aromatic N) is 3. The Labute approximate surface area is 97.7 Å². The van der Waals surface area contributed by atoms with Crippen LogP contribution in [0.5, 0.6) is 0 Å². The van der Waals surface area contributed by atoms with E-state index in [1.54, 1.807) is 23.5 Å². The first-order valence-electron chi connectivity index (χ1n) is 5.01. The molecule has 0 fully saturated rings. The summed E-state index contributed by atoms with van der Waals surface area (Å²) in [5.74, 6) is 1.07. The fraction of sp³-hybridized carbons (Fsp3) is 0.300. The lowest BCUT2D eigenvalue weighted by Crippen LogP contribution is -1.97. The van der Waals surface area contributed by atoms with Gasteiger partial charge in [0.1, 0.15) is 5.82 Å². The number of hydrogen-bond acceptors (Lipinski definition) is 6. The molecule has 0 aromatic carbocycles. The van der Waals surface area contributed by atoms with Gasteiger partial charge in [0.2, 0.25) is 0 Å². The Hall–Kier alpha value is -1.69. The average molecular weight is 235 g/mol. The maximum Gasteiger partial charge on any atom is 0.188 e. The molecule has 16 heavy (non-hydrogen) atoms. The van der Waals surface area contributed by atoms with Gasteiger partial charge in [-0.05, 0) is 25.5 Å². The van der Waals surface area contributed by atoms with Crippen molar-refractivity contribution in [2.75, 3.05) is 11.1 Å². The first-order chi connectivity index (χ1) is 7.69. The maximum absolute atomic E-state index is 5.46. The van der Waals surface area contributed by atoms with E-state index in [0.717, 1.165) is 17.2 Å². The van der Waals surface area contributed by atoms with Crippen molar-refractivity contribution in [2.24, 2.45) is 0 Å². The van der Waals surface area contributed by atoms with Crippen LogP contribution in [0.2, 0.25) is 0 Å². The second-order valence-electron chi connectivity index (χ2n) is 3.34. The van der Waals surface area contributed by atoms with Crippen molar-refractivity contribution >= 4 is 28.1 Å². The normalized spacial score (nSPS) is 10.4. The summed E-state index contributed by atoms with van der Waals surface area (Å²) in [6, 6.07) is 3.49. The van der Waals surface area contributed by atoms with E-state index < -0.39 is 0 Å². The van der Waals surface area contributed by atoms with Gasteiger partial charge in [0, 0.05) is 4.88 Å². The smallest absolute Gasteiger partial charge is 0.188 e. The van der Waals surface area contributed by atoms with Gasteiger partial charge < -0.3 is 11.1 Å². The van der Waals surface area contributed by atoms with Crippen LogP contribution in [0.3, 0.4) is 0 Å². The molecule has 2 aromatic rings. The highest BCUT2D eigenvalue weighted by atomic mass is 32.1. The van der Waals surface area contributed by atoms with Crippen LogP contribution in [0.25, 0.3) is 0 Å². The van der Waals surface area contributed by atoms with Gasteiger partial charge >= 0.3 is 0 Å². The number of nitrogens with one attached hydrogen (secondary N) is 1. The lowest BCUT2D eigenvalue weighted by Gasteiger charge is -1.99. The van der Waals surface area contributed by atoms with Crippen LogP contribution in [0.15, 0.2) is 12.1 Å². The van der Waals surface area contributed by atoms with Crippen LogP contribution in [-0.4, -0.2) is 15.2 Å². The molecule has 5 nitrogen and oxygen atoms in total. The second kappa shape index (κ2) is 4.44. The molecule has 2 heterocycles. The topological polar surface area (TPSA) is 76.7 Å². The highest BCUT2D eigenvalue weighted by molar-refractivity contribution is 7.15. The molecule has 3 N–H and O–H groups in total. The fourth-order valence-corrected chi connectivity index (χ4v) is 2.24. The minimum absolute atomic E-state index is 0.412. The van der Waals surface area contributed by atoms with Gasteiger partial charge in [-0.1, -0.05) is 6.92 Å². The minimum Gasteiger partial charge on any atom is -0.382 e. The van der Waals surface area contributed by atoms with Crippen LogP contribution in [-0.2, 0) is 6.42 Å². The Morgan fingerprint density at radius 3 is 2.75 bits per heavy atom. The summed E-state index contributed by atoms with van der Waals surface area (Å²) in [4.78, 5) is 5.68. The third-order valence-corrected chi connectivity index (χ3v) is 3.08. The Balaban J connectivity index is 2.17. The van der Waals surface area contributed by atoms with E-state index in [2.05, 4.69) is 34.3 Å². The first-order valence-corrected chi connectivity index (χ1v) is 5.83. The van der Waals surface area contributed by atoms with Crippen molar-refractivity contribution in [3.8, 4) is 0 Å². The molecular formula is C10H13N5S. The number of thiazole rings is 1. The Morgan fingerprint density at radius 2 is 2.19 bits per heavy atom. The number of nitrogen functional groups attached to an aromatic ring is 1. The standard InChI is InChI=1S/C10H13N5S/c1-3-7-6(2)16-10(12-7)13-9-5-4-8(11)14-15-9/h4-5H,3H2,1-2H3,(H2,11,14)(H,12,13,15). The second-order valence-corrected chi connectivity index (χ2v) is 4.55. The third kappa shape index (κ3) is 2.27. The molecule has 0 unspecified atom stereocenters. The van der Waals surface area contributed by atoms with Gasteiger partial charge in [-0.15, -0.1) is 21.5 Å². The van der Waals surface area contributed by atoms with E-state index in [4.69, 9.17) is 5.73 Å². The Morgan fingerprint density at radius 1 is 1.38 bits per heavy atom. The summed E-state index contributed by atoms with van der Waals surface area (Å²) in [6.07, 6.45) is 0.942. The zero-order valence-corrected chi connectivity index (χ0v) is 10.0. The fourth-order valence-electron chi connectivity index (χ4n) is 1.33. The van der Waals surface area contributed by atoms with Crippen LogP contribution < -0.4 is 11.1 Å². The highest BCUT2D eigenvalue weighted by Crippen LogP contribution is 2.24. The summed E-state index contributed by atoms with van der Waals surface area (Å²) < 4.78 is 0. The van der Waals surface area contributed by atoms with E-state index in [9.17, 15) is 0 Å². The maximum atomic E-state index is 5.46. The molecule has 0 radical (unpaired) electrons. The molecule has 6 heteroatoms. The Bertz CT molecular complexity index is 476. The van der Waals surface area contributed by atoms with Crippen molar-refractivity contribution in [1.82, 2.24) is 15.2 Å². The minimum atomic E-state index is 0.412. The summed E-state index contributed by atoms with van der Waals surface area (Å²) >= 11 is 1.62. The van der Waals surface area contributed by atoms with Crippen LogP contribution >= 0.6 is 11.3 Å².